The van der Waals surface area contributed by atoms with Gasteiger partial charge in [0, 0.05) is 11.6 Å². The number of aryl methyl sites for hydroxylation is 1. The Morgan fingerprint density at radius 1 is 1.38 bits per heavy atom. The predicted molar refractivity (Wildman–Crippen MR) is 96.0 cm³/mol. The van der Waals surface area contributed by atoms with Gasteiger partial charge in [0.25, 0.3) is 5.91 Å². The van der Waals surface area contributed by atoms with E-state index in [-0.39, 0.29) is 5.91 Å². The molecule has 3 aromatic heterocycles. The Balaban J connectivity index is 1.55. The fourth-order valence-electron chi connectivity index (χ4n) is 2.41. The standard InChI is InChI=1S/C18H15FN4O2S/c1-10-17(18(24)22-13-4-5-13)26-15(21-10)7-2-11-9-25-23-16(11)14-6-3-12(19)8-20-14/h2-3,6-9,13H,4-5H2,1H3,(H,22,24). The normalized spacial score (nSPS) is 14.1. The minimum absolute atomic E-state index is 0.0664. The number of nitrogens with one attached hydrogen (secondary N) is 1. The molecule has 26 heavy (non-hydrogen) atoms. The maximum absolute atomic E-state index is 13.0. The van der Waals surface area contributed by atoms with Crippen molar-refractivity contribution in [3.63, 3.8) is 0 Å². The van der Waals surface area contributed by atoms with Crippen LogP contribution in [0.4, 0.5) is 4.39 Å². The van der Waals surface area contributed by atoms with Crippen molar-refractivity contribution in [3.8, 4) is 11.4 Å². The molecule has 6 nitrogen and oxygen atoms in total. The summed E-state index contributed by atoms with van der Waals surface area (Å²) in [5, 5.41) is 7.61. The number of rotatable bonds is 5. The third-order valence-corrected chi connectivity index (χ3v) is 5.03. The second-order valence-corrected chi connectivity index (χ2v) is 7.06. The van der Waals surface area contributed by atoms with E-state index in [9.17, 15) is 9.18 Å². The van der Waals surface area contributed by atoms with Gasteiger partial charge < -0.3 is 9.84 Å². The van der Waals surface area contributed by atoms with Gasteiger partial charge in [-0.15, -0.1) is 11.3 Å². The van der Waals surface area contributed by atoms with E-state index in [2.05, 4.69) is 20.4 Å². The molecule has 0 bridgehead atoms. The molecule has 1 N–H and O–H groups in total. The van der Waals surface area contributed by atoms with Crippen molar-refractivity contribution in [2.45, 2.75) is 25.8 Å². The van der Waals surface area contributed by atoms with Gasteiger partial charge in [-0.3, -0.25) is 9.78 Å². The topological polar surface area (TPSA) is 80.9 Å². The molecule has 1 fully saturated rings. The Morgan fingerprint density at radius 2 is 2.23 bits per heavy atom. The zero-order valence-electron chi connectivity index (χ0n) is 13.9. The second-order valence-electron chi connectivity index (χ2n) is 6.03. The van der Waals surface area contributed by atoms with Crippen molar-refractivity contribution >= 4 is 29.4 Å². The van der Waals surface area contributed by atoms with Crippen molar-refractivity contribution in [1.82, 2.24) is 20.4 Å². The van der Waals surface area contributed by atoms with Crippen LogP contribution in [0.2, 0.25) is 0 Å². The van der Waals surface area contributed by atoms with Crippen LogP contribution in [0.15, 0.2) is 29.1 Å². The molecular formula is C18H15FN4O2S. The first-order valence-corrected chi connectivity index (χ1v) is 8.94. The summed E-state index contributed by atoms with van der Waals surface area (Å²) in [4.78, 5) is 21.3. The first-order chi connectivity index (χ1) is 12.6. The number of pyridine rings is 1. The molecule has 1 aliphatic rings. The highest BCUT2D eigenvalue weighted by Gasteiger charge is 2.25. The molecule has 0 aromatic carbocycles. The first kappa shape index (κ1) is 16.6. The van der Waals surface area contributed by atoms with Crippen LogP contribution < -0.4 is 5.32 Å². The monoisotopic (exact) mass is 370 g/mol. The molecule has 132 valence electrons. The number of thiazole rings is 1. The lowest BCUT2D eigenvalue weighted by atomic mass is 10.1. The summed E-state index contributed by atoms with van der Waals surface area (Å²) in [6, 6.07) is 3.17. The van der Waals surface area contributed by atoms with Crippen molar-refractivity contribution < 1.29 is 13.7 Å². The number of amides is 1. The Morgan fingerprint density at radius 3 is 2.96 bits per heavy atom. The molecule has 1 saturated carbocycles. The molecular weight excluding hydrogens is 355 g/mol. The molecule has 1 aliphatic carbocycles. The lowest BCUT2D eigenvalue weighted by molar-refractivity contribution is 0.0954. The third-order valence-electron chi connectivity index (χ3n) is 3.90. The average molecular weight is 370 g/mol. The molecule has 0 atom stereocenters. The number of hydrogen-bond donors (Lipinski definition) is 1. The Labute approximate surface area is 152 Å². The molecule has 3 heterocycles. The van der Waals surface area contributed by atoms with Gasteiger partial charge in [-0.25, -0.2) is 9.37 Å². The molecule has 0 aliphatic heterocycles. The van der Waals surface area contributed by atoms with E-state index >= 15 is 0 Å². The van der Waals surface area contributed by atoms with Crippen molar-refractivity contribution in [3.05, 3.63) is 51.6 Å². The fraction of sp³-hybridized carbons (Fsp3) is 0.222. The van der Waals surface area contributed by atoms with Crippen LogP contribution in [0.1, 0.15) is 38.8 Å². The van der Waals surface area contributed by atoms with Crippen LogP contribution in [0.3, 0.4) is 0 Å². The minimum atomic E-state index is -0.412. The van der Waals surface area contributed by atoms with Gasteiger partial charge in [0.05, 0.1) is 17.6 Å². The van der Waals surface area contributed by atoms with Crippen molar-refractivity contribution in [1.29, 1.82) is 0 Å². The first-order valence-electron chi connectivity index (χ1n) is 8.13. The summed E-state index contributed by atoms with van der Waals surface area (Å²) >= 11 is 1.34. The number of aromatic nitrogens is 3. The van der Waals surface area contributed by atoms with Crippen LogP contribution in [0, 0.1) is 12.7 Å². The SMILES string of the molecule is Cc1nc(C=Cc2conc2-c2ccc(F)cn2)sc1C(=O)NC1CC1. The van der Waals surface area contributed by atoms with Gasteiger partial charge >= 0.3 is 0 Å². The molecule has 8 heteroatoms. The van der Waals surface area contributed by atoms with Crippen LogP contribution in [-0.2, 0) is 0 Å². The van der Waals surface area contributed by atoms with Gasteiger partial charge in [-0.2, -0.15) is 0 Å². The van der Waals surface area contributed by atoms with Gasteiger partial charge in [-0.05, 0) is 44.1 Å². The van der Waals surface area contributed by atoms with E-state index in [1.54, 1.807) is 18.2 Å². The quantitative estimate of drug-likeness (QED) is 0.741. The maximum Gasteiger partial charge on any atom is 0.263 e. The van der Waals surface area contributed by atoms with Crippen LogP contribution in [0.5, 0.6) is 0 Å². The zero-order chi connectivity index (χ0) is 18.1. The summed E-state index contributed by atoms with van der Waals surface area (Å²) in [5.74, 6) is -0.479. The third kappa shape index (κ3) is 3.55. The molecule has 3 aromatic rings. The van der Waals surface area contributed by atoms with Gasteiger partial charge in [-0.1, -0.05) is 5.16 Å². The molecule has 0 unspecified atom stereocenters. The number of halogens is 1. The number of hydrogen-bond acceptors (Lipinski definition) is 6. The highest BCUT2D eigenvalue weighted by Crippen LogP contribution is 2.25. The van der Waals surface area contributed by atoms with Crippen LogP contribution in [-0.4, -0.2) is 27.1 Å². The van der Waals surface area contributed by atoms with Gasteiger partial charge in [0.15, 0.2) is 0 Å². The van der Waals surface area contributed by atoms with E-state index < -0.39 is 5.82 Å². The minimum Gasteiger partial charge on any atom is -0.363 e. The fourth-order valence-corrected chi connectivity index (χ4v) is 3.28. The Bertz CT molecular complexity index is 973. The highest BCUT2D eigenvalue weighted by molar-refractivity contribution is 7.14. The molecule has 0 radical (unpaired) electrons. The summed E-state index contributed by atoms with van der Waals surface area (Å²) in [7, 11) is 0. The van der Waals surface area contributed by atoms with Gasteiger partial charge in [0.2, 0.25) is 0 Å². The van der Waals surface area contributed by atoms with E-state index in [1.807, 2.05) is 6.92 Å². The maximum atomic E-state index is 13.0. The van der Waals surface area contributed by atoms with E-state index in [1.165, 1.54) is 23.7 Å². The summed E-state index contributed by atoms with van der Waals surface area (Å²) in [6.45, 7) is 1.82. The van der Waals surface area contributed by atoms with E-state index in [0.717, 1.165) is 19.0 Å². The Kier molecular flexibility index (Phi) is 4.34. The summed E-state index contributed by atoms with van der Waals surface area (Å²) < 4.78 is 18.0. The number of carbonyl (C=O) groups is 1. The number of carbonyl (C=O) groups excluding carboxylic acids is 1. The zero-order valence-corrected chi connectivity index (χ0v) is 14.7. The largest absolute Gasteiger partial charge is 0.363 e. The molecule has 0 spiro atoms. The lowest BCUT2D eigenvalue weighted by Gasteiger charge is -1.99. The second kappa shape index (κ2) is 6.80. The van der Waals surface area contributed by atoms with E-state index in [0.29, 0.717) is 38.6 Å². The highest BCUT2D eigenvalue weighted by atomic mass is 32.1. The summed E-state index contributed by atoms with van der Waals surface area (Å²) in [6.07, 6.45) is 8.29. The number of nitrogens with zero attached hydrogens (tertiary/aromatic N) is 3. The van der Waals surface area contributed by atoms with Crippen molar-refractivity contribution in [2.24, 2.45) is 0 Å². The smallest absolute Gasteiger partial charge is 0.263 e. The van der Waals surface area contributed by atoms with E-state index in [4.69, 9.17) is 4.52 Å². The lowest BCUT2D eigenvalue weighted by Crippen LogP contribution is -2.25. The average Bonchev–Trinajstić information content (AvgIpc) is 3.17. The van der Waals surface area contributed by atoms with Crippen LogP contribution >= 0.6 is 11.3 Å². The molecule has 4 rings (SSSR count). The summed E-state index contributed by atoms with van der Waals surface area (Å²) in [5.41, 5.74) is 2.43. The van der Waals surface area contributed by atoms with Crippen LogP contribution in [0.25, 0.3) is 23.5 Å². The Hall–Kier alpha value is -2.87. The molecule has 1 amide bonds. The van der Waals surface area contributed by atoms with Crippen molar-refractivity contribution in [2.75, 3.05) is 0 Å². The van der Waals surface area contributed by atoms with Gasteiger partial charge in [0.1, 0.15) is 27.7 Å². The predicted octanol–water partition coefficient (Wildman–Crippen LogP) is 3.70. The molecule has 0 saturated heterocycles.